The van der Waals surface area contributed by atoms with Crippen LogP contribution in [0.15, 0.2) is 18.2 Å². The first-order valence-electron chi connectivity index (χ1n) is 9.35. The van der Waals surface area contributed by atoms with Crippen molar-refractivity contribution in [2.45, 2.75) is 58.2 Å². The van der Waals surface area contributed by atoms with Gasteiger partial charge in [-0.05, 0) is 58.6 Å². The SMILES string of the molecule is COC(=O)c1cccc(OC2CCC(C(=O)OC(C)(C)C)CC2)c1C(=O)OC. The Morgan fingerprint density at radius 2 is 1.54 bits per heavy atom. The highest BCUT2D eigenvalue weighted by Crippen LogP contribution is 2.32. The minimum Gasteiger partial charge on any atom is -0.490 e. The van der Waals surface area contributed by atoms with Crippen molar-refractivity contribution in [3.05, 3.63) is 29.3 Å². The van der Waals surface area contributed by atoms with E-state index in [-0.39, 0.29) is 34.9 Å². The third-order valence-electron chi connectivity index (χ3n) is 4.53. The van der Waals surface area contributed by atoms with Crippen LogP contribution in [0.1, 0.15) is 67.2 Å². The molecule has 0 aromatic heterocycles. The van der Waals surface area contributed by atoms with Crippen molar-refractivity contribution in [3.8, 4) is 5.75 Å². The molecule has 0 heterocycles. The van der Waals surface area contributed by atoms with Crippen molar-refractivity contribution >= 4 is 17.9 Å². The van der Waals surface area contributed by atoms with Crippen molar-refractivity contribution in [2.75, 3.05) is 14.2 Å². The van der Waals surface area contributed by atoms with Gasteiger partial charge in [-0.15, -0.1) is 0 Å². The van der Waals surface area contributed by atoms with Gasteiger partial charge in [0, 0.05) is 0 Å². The van der Waals surface area contributed by atoms with Gasteiger partial charge in [-0.3, -0.25) is 4.79 Å². The Hall–Kier alpha value is -2.57. The molecule has 7 nitrogen and oxygen atoms in total. The molecule has 28 heavy (non-hydrogen) atoms. The lowest BCUT2D eigenvalue weighted by molar-refractivity contribution is -0.161. The third kappa shape index (κ3) is 5.47. The van der Waals surface area contributed by atoms with Crippen LogP contribution in [0, 0.1) is 5.92 Å². The van der Waals surface area contributed by atoms with E-state index in [0.717, 1.165) is 0 Å². The first kappa shape index (κ1) is 21.7. The van der Waals surface area contributed by atoms with Crippen LogP contribution in [0.3, 0.4) is 0 Å². The molecule has 1 aromatic carbocycles. The average molecular weight is 392 g/mol. The Morgan fingerprint density at radius 3 is 2.07 bits per heavy atom. The van der Waals surface area contributed by atoms with E-state index in [1.165, 1.54) is 20.3 Å². The van der Waals surface area contributed by atoms with E-state index in [4.69, 9.17) is 18.9 Å². The highest BCUT2D eigenvalue weighted by Gasteiger charge is 2.32. The quantitative estimate of drug-likeness (QED) is 0.559. The van der Waals surface area contributed by atoms with E-state index in [1.54, 1.807) is 12.1 Å². The van der Waals surface area contributed by atoms with Crippen LogP contribution in [0.25, 0.3) is 0 Å². The van der Waals surface area contributed by atoms with E-state index >= 15 is 0 Å². The molecule has 7 heteroatoms. The second-order valence-electron chi connectivity index (χ2n) is 7.79. The minimum atomic E-state index is -0.668. The van der Waals surface area contributed by atoms with Gasteiger partial charge in [-0.2, -0.15) is 0 Å². The molecule has 0 aliphatic heterocycles. The highest BCUT2D eigenvalue weighted by molar-refractivity contribution is 6.05. The predicted molar refractivity (Wildman–Crippen MR) is 101 cm³/mol. The highest BCUT2D eigenvalue weighted by atomic mass is 16.6. The van der Waals surface area contributed by atoms with Gasteiger partial charge in [0.25, 0.3) is 0 Å². The number of hydrogen-bond donors (Lipinski definition) is 0. The lowest BCUT2D eigenvalue weighted by Crippen LogP contribution is -2.33. The van der Waals surface area contributed by atoms with Crippen molar-refractivity contribution < 1.29 is 33.3 Å². The zero-order valence-corrected chi connectivity index (χ0v) is 17.1. The molecular weight excluding hydrogens is 364 g/mol. The first-order valence-corrected chi connectivity index (χ1v) is 9.35. The number of carbonyl (C=O) groups is 3. The van der Waals surface area contributed by atoms with Crippen LogP contribution in [-0.2, 0) is 19.0 Å². The van der Waals surface area contributed by atoms with Gasteiger partial charge in [-0.25, -0.2) is 9.59 Å². The molecule has 1 saturated carbocycles. The number of methoxy groups -OCH3 is 2. The normalized spacial score (nSPS) is 19.5. The molecule has 2 rings (SSSR count). The van der Waals surface area contributed by atoms with Crippen LogP contribution in [0.5, 0.6) is 5.75 Å². The molecule has 0 N–H and O–H groups in total. The summed E-state index contributed by atoms with van der Waals surface area (Å²) in [6.45, 7) is 5.55. The fourth-order valence-corrected chi connectivity index (χ4v) is 3.20. The van der Waals surface area contributed by atoms with Gasteiger partial charge in [0.05, 0.1) is 31.8 Å². The van der Waals surface area contributed by atoms with Gasteiger partial charge in [0.1, 0.15) is 16.9 Å². The fourth-order valence-electron chi connectivity index (χ4n) is 3.20. The predicted octanol–water partition coefficient (Wildman–Crippen LogP) is 3.54. The van der Waals surface area contributed by atoms with Crippen molar-refractivity contribution in [2.24, 2.45) is 5.92 Å². The molecule has 0 saturated heterocycles. The smallest absolute Gasteiger partial charge is 0.342 e. The van der Waals surface area contributed by atoms with Crippen LogP contribution in [-0.4, -0.2) is 43.8 Å². The average Bonchev–Trinajstić information content (AvgIpc) is 2.65. The molecular formula is C21H28O7. The summed E-state index contributed by atoms with van der Waals surface area (Å²) >= 11 is 0. The topological polar surface area (TPSA) is 88.1 Å². The summed E-state index contributed by atoms with van der Waals surface area (Å²) in [4.78, 5) is 36.5. The summed E-state index contributed by atoms with van der Waals surface area (Å²) in [7, 11) is 2.49. The molecule has 154 valence electrons. The maximum atomic E-state index is 12.2. The van der Waals surface area contributed by atoms with Gasteiger partial charge in [-0.1, -0.05) is 6.07 Å². The standard InChI is InChI=1S/C21H28O7/c1-21(2,3)28-18(22)13-9-11-14(12-10-13)27-16-8-6-7-15(19(23)25-4)17(16)20(24)26-5/h6-8,13-14H,9-12H2,1-5H3. The number of rotatable bonds is 5. The Labute approximate surface area is 165 Å². The molecule has 1 aromatic rings. The summed E-state index contributed by atoms with van der Waals surface area (Å²) in [5.74, 6) is -1.37. The molecule has 0 atom stereocenters. The molecule has 0 unspecified atom stereocenters. The van der Waals surface area contributed by atoms with Crippen LogP contribution < -0.4 is 4.74 Å². The summed E-state index contributed by atoms with van der Waals surface area (Å²) in [6.07, 6.45) is 2.41. The van der Waals surface area contributed by atoms with Gasteiger partial charge < -0.3 is 18.9 Å². The van der Waals surface area contributed by atoms with E-state index in [0.29, 0.717) is 25.7 Å². The van der Waals surface area contributed by atoms with Crippen LogP contribution in [0.4, 0.5) is 0 Å². The molecule has 1 aliphatic carbocycles. The molecule has 0 radical (unpaired) electrons. The third-order valence-corrected chi connectivity index (χ3v) is 4.53. The van der Waals surface area contributed by atoms with Crippen molar-refractivity contribution in [3.63, 3.8) is 0 Å². The number of esters is 3. The maximum Gasteiger partial charge on any atom is 0.342 e. The monoisotopic (exact) mass is 392 g/mol. The summed E-state index contributed by atoms with van der Waals surface area (Å²) in [6, 6.07) is 4.74. The maximum absolute atomic E-state index is 12.2. The van der Waals surface area contributed by atoms with Crippen molar-refractivity contribution in [1.82, 2.24) is 0 Å². The molecule has 0 amide bonds. The lowest BCUT2D eigenvalue weighted by Gasteiger charge is -2.30. The van der Waals surface area contributed by atoms with Crippen LogP contribution in [0.2, 0.25) is 0 Å². The summed E-state index contributed by atoms with van der Waals surface area (Å²) < 4.78 is 21.0. The molecule has 0 bridgehead atoms. The molecule has 1 fully saturated rings. The fraction of sp³-hybridized carbons (Fsp3) is 0.571. The minimum absolute atomic E-state index is 0.0473. The lowest BCUT2D eigenvalue weighted by atomic mass is 9.87. The van der Waals surface area contributed by atoms with Gasteiger partial charge >= 0.3 is 17.9 Å². The number of benzene rings is 1. The first-order chi connectivity index (χ1) is 13.2. The largest absolute Gasteiger partial charge is 0.490 e. The Morgan fingerprint density at radius 1 is 0.929 bits per heavy atom. The Bertz CT molecular complexity index is 725. The number of carbonyl (C=O) groups excluding carboxylic acids is 3. The number of hydrogen-bond acceptors (Lipinski definition) is 7. The summed E-state index contributed by atoms with van der Waals surface area (Å²) in [5.41, 5.74) is -0.367. The zero-order chi connectivity index (χ0) is 20.9. The van der Waals surface area contributed by atoms with E-state index < -0.39 is 17.5 Å². The second kappa shape index (κ2) is 9.08. The van der Waals surface area contributed by atoms with Crippen LogP contribution >= 0.6 is 0 Å². The Balaban J connectivity index is 2.10. The van der Waals surface area contributed by atoms with Gasteiger partial charge in [0.15, 0.2) is 0 Å². The van der Waals surface area contributed by atoms with E-state index in [1.807, 2.05) is 20.8 Å². The van der Waals surface area contributed by atoms with Crippen molar-refractivity contribution in [1.29, 1.82) is 0 Å². The zero-order valence-electron chi connectivity index (χ0n) is 17.1. The van der Waals surface area contributed by atoms with E-state index in [2.05, 4.69) is 0 Å². The summed E-state index contributed by atoms with van der Waals surface area (Å²) in [5, 5.41) is 0. The van der Waals surface area contributed by atoms with Gasteiger partial charge in [0.2, 0.25) is 0 Å². The molecule has 0 spiro atoms. The molecule has 1 aliphatic rings. The second-order valence-corrected chi connectivity index (χ2v) is 7.79. The van der Waals surface area contributed by atoms with E-state index in [9.17, 15) is 14.4 Å². The Kier molecular flexibility index (Phi) is 7.05. The number of ether oxygens (including phenoxy) is 4.